The summed E-state index contributed by atoms with van der Waals surface area (Å²) in [6.07, 6.45) is 1.97. The SMILES string of the molecule is CC[C@@H](CC(=O)O)n1c(=O)[nH]c2cnc(Cc3nsc4cc(C)cc(C)c34)cc2c1=O. The molecule has 160 valence electrons. The maximum atomic E-state index is 13.1. The Kier molecular flexibility index (Phi) is 5.45. The minimum atomic E-state index is -1.06. The standard InChI is InChI=1S/C22H22N4O4S/c1-4-14(9-19(27)28)26-21(29)15-7-13(23-10-17(15)24-22(26)30)8-16-20-12(3)5-11(2)6-18(20)31-25-16/h5-7,10,14H,4,8-9H2,1-3H3,(H,24,30)(H,27,28)/t14-/m0/s1. The highest BCUT2D eigenvalue weighted by Gasteiger charge is 2.20. The fourth-order valence-electron chi connectivity index (χ4n) is 4.03. The Balaban J connectivity index is 1.80. The quantitative estimate of drug-likeness (QED) is 0.477. The lowest BCUT2D eigenvalue weighted by Crippen LogP contribution is -2.38. The van der Waals surface area contributed by atoms with E-state index in [1.165, 1.54) is 23.3 Å². The van der Waals surface area contributed by atoms with Crippen molar-refractivity contribution in [2.24, 2.45) is 0 Å². The summed E-state index contributed by atoms with van der Waals surface area (Å²) in [6, 6.07) is 5.16. The van der Waals surface area contributed by atoms with Crippen LogP contribution < -0.4 is 11.2 Å². The molecule has 0 radical (unpaired) electrons. The summed E-state index contributed by atoms with van der Waals surface area (Å²) in [4.78, 5) is 43.8. The number of aryl methyl sites for hydroxylation is 2. The summed E-state index contributed by atoms with van der Waals surface area (Å²) in [5.74, 6) is -1.06. The number of aromatic amines is 1. The third kappa shape index (κ3) is 3.88. The lowest BCUT2D eigenvalue weighted by atomic mass is 10.0. The molecule has 3 aromatic heterocycles. The highest BCUT2D eigenvalue weighted by atomic mass is 32.1. The Morgan fingerprint density at radius 3 is 2.74 bits per heavy atom. The van der Waals surface area contributed by atoms with E-state index in [1.54, 1.807) is 13.0 Å². The van der Waals surface area contributed by atoms with E-state index in [1.807, 2.05) is 0 Å². The molecule has 9 heteroatoms. The Morgan fingerprint density at radius 1 is 1.26 bits per heavy atom. The predicted molar refractivity (Wildman–Crippen MR) is 120 cm³/mol. The molecule has 0 amide bonds. The van der Waals surface area contributed by atoms with Crippen LogP contribution in [-0.2, 0) is 11.2 Å². The van der Waals surface area contributed by atoms with Crippen LogP contribution in [0.1, 0.15) is 48.3 Å². The smallest absolute Gasteiger partial charge is 0.329 e. The van der Waals surface area contributed by atoms with Crippen molar-refractivity contribution in [3.8, 4) is 0 Å². The van der Waals surface area contributed by atoms with Crippen LogP contribution in [0.2, 0.25) is 0 Å². The van der Waals surface area contributed by atoms with Crippen molar-refractivity contribution >= 4 is 38.5 Å². The average molecular weight is 439 g/mol. The fourth-order valence-corrected chi connectivity index (χ4v) is 5.01. The lowest BCUT2D eigenvalue weighted by Gasteiger charge is -2.15. The van der Waals surface area contributed by atoms with Crippen molar-refractivity contribution in [3.05, 3.63) is 67.7 Å². The van der Waals surface area contributed by atoms with E-state index < -0.39 is 23.3 Å². The van der Waals surface area contributed by atoms with E-state index in [-0.39, 0.29) is 6.42 Å². The molecule has 0 aliphatic carbocycles. The molecule has 0 saturated carbocycles. The van der Waals surface area contributed by atoms with Crippen LogP contribution in [0.4, 0.5) is 0 Å². The molecule has 0 fully saturated rings. The maximum absolute atomic E-state index is 13.1. The number of aliphatic carboxylic acids is 1. The Hall–Kier alpha value is -3.33. The van der Waals surface area contributed by atoms with Gasteiger partial charge in [0.1, 0.15) is 0 Å². The fraction of sp³-hybridized carbons (Fsp3) is 0.318. The van der Waals surface area contributed by atoms with Crippen LogP contribution in [0.15, 0.2) is 34.0 Å². The van der Waals surface area contributed by atoms with Crippen molar-refractivity contribution in [2.75, 3.05) is 0 Å². The van der Waals surface area contributed by atoms with E-state index >= 15 is 0 Å². The zero-order chi connectivity index (χ0) is 22.3. The number of hydrogen-bond acceptors (Lipinski definition) is 6. The maximum Gasteiger partial charge on any atom is 0.329 e. The van der Waals surface area contributed by atoms with Crippen LogP contribution in [-0.4, -0.2) is 30.0 Å². The van der Waals surface area contributed by atoms with Gasteiger partial charge in [-0.05, 0) is 55.1 Å². The zero-order valence-corrected chi connectivity index (χ0v) is 18.2. The van der Waals surface area contributed by atoms with Gasteiger partial charge in [0, 0.05) is 17.5 Å². The number of nitrogens with zero attached hydrogens (tertiary/aromatic N) is 3. The second kappa shape index (κ2) is 8.07. The normalized spacial score (nSPS) is 12.5. The topological polar surface area (TPSA) is 118 Å². The van der Waals surface area contributed by atoms with Gasteiger partial charge < -0.3 is 10.1 Å². The molecular formula is C22H22N4O4S. The van der Waals surface area contributed by atoms with Gasteiger partial charge >= 0.3 is 11.7 Å². The van der Waals surface area contributed by atoms with Crippen molar-refractivity contribution < 1.29 is 9.90 Å². The zero-order valence-electron chi connectivity index (χ0n) is 17.4. The molecule has 4 rings (SSSR count). The molecule has 0 spiro atoms. The van der Waals surface area contributed by atoms with Crippen molar-refractivity contribution in [3.63, 3.8) is 0 Å². The number of nitrogens with one attached hydrogen (secondary N) is 1. The Morgan fingerprint density at radius 2 is 2.03 bits per heavy atom. The van der Waals surface area contributed by atoms with Gasteiger partial charge in [0.2, 0.25) is 0 Å². The molecular weight excluding hydrogens is 416 g/mol. The number of carbonyl (C=O) groups is 1. The number of carboxylic acids is 1. The molecule has 0 bridgehead atoms. The van der Waals surface area contributed by atoms with E-state index in [4.69, 9.17) is 5.11 Å². The number of carboxylic acid groups (broad SMARTS) is 1. The number of benzene rings is 1. The van der Waals surface area contributed by atoms with Crippen molar-refractivity contribution in [2.45, 2.75) is 46.1 Å². The summed E-state index contributed by atoms with van der Waals surface area (Å²) >= 11 is 1.44. The number of rotatable bonds is 6. The first-order valence-corrected chi connectivity index (χ1v) is 10.8. The van der Waals surface area contributed by atoms with Gasteiger partial charge in [-0.3, -0.25) is 19.1 Å². The first-order chi connectivity index (χ1) is 14.8. The third-order valence-corrected chi connectivity index (χ3v) is 6.28. The molecule has 0 aliphatic heterocycles. The summed E-state index contributed by atoms with van der Waals surface area (Å²) in [6.45, 7) is 5.85. The Bertz CT molecular complexity index is 1430. The molecule has 0 aliphatic rings. The van der Waals surface area contributed by atoms with E-state index in [9.17, 15) is 14.4 Å². The Labute approximate surface area is 181 Å². The summed E-state index contributed by atoms with van der Waals surface area (Å²) in [5, 5.41) is 10.5. The molecule has 0 unspecified atom stereocenters. The number of aromatic nitrogens is 4. The summed E-state index contributed by atoms with van der Waals surface area (Å²) in [5.41, 5.74) is 3.07. The first kappa shape index (κ1) is 20.9. The van der Waals surface area contributed by atoms with Gasteiger partial charge in [-0.25, -0.2) is 4.79 Å². The number of pyridine rings is 1. The van der Waals surface area contributed by atoms with Gasteiger partial charge in [-0.2, -0.15) is 4.37 Å². The molecule has 8 nitrogen and oxygen atoms in total. The highest BCUT2D eigenvalue weighted by Crippen LogP contribution is 2.29. The van der Waals surface area contributed by atoms with E-state index in [0.717, 1.165) is 25.9 Å². The van der Waals surface area contributed by atoms with Gasteiger partial charge in [0.15, 0.2) is 0 Å². The van der Waals surface area contributed by atoms with Crippen LogP contribution in [0.25, 0.3) is 21.0 Å². The number of hydrogen-bond donors (Lipinski definition) is 2. The lowest BCUT2D eigenvalue weighted by molar-refractivity contribution is -0.138. The average Bonchev–Trinajstić information content (AvgIpc) is 3.10. The molecule has 2 N–H and O–H groups in total. The number of H-pyrrole nitrogens is 1. The predicted octanol–water partition coefficient (Wildman–Crippen LogP) is 3.33. The van der Waals surface area contributed by atoms with Crippen LogP contribution in [0.5, 0.6) is 0 Å². The molecule has 4 aromatic rings. The van der Waals surface area contributed by atoms with Crippen LogP contribution in [0.3, 0.4) is 0 Å². The second-order valence-corrected chi connectivity index (χ2v) is 8.55. The molecule has 1 aromatic carbocycles. The van der Waals surface area contributed by atoms with Crippen molar-refractivity contribution in [1.29, 1.82) is 0 Å². The summed E-state index contributed by atoms with van der Waals surface area (Å²) < 4.78 is 6.71. The minimum Gasteiger partial charge on any atom is -0.481 e. The number of fused-ring (bicyclic) bond motifs is 2. The van der Waals surface area contributed by atoms with E-state index in [2.05, 4.69) is 40.3 Å². The molecule has 1 atom stereocenters. The van der Waals surface area contributed by atoms with Crippen molar-refractivity contribution in [1.82, 2.24) is 18.9 Å². The van der Waals surface area contributed by atoms with Crippen LogP contribution >= 0.6 is 11.5 Å². The van der Waals surface area contributed by atoms with E-state index in [0.29, 0.717) is 29.4 Å². The monoisotopic (exact) mass is 438 g/mol. The van der Waals surface area contributed by atoms with Gasteiger partial charge in [-0.1, -0.05) is 13.0 Å². The van der Waals surface area contributed by atoms with Gasteiger partial charge in [0.25, 0.3) is 5.56 Å². The largest absolute Gasteiger partial charge is 0.481 e. The third-order valence-electron chi connectivity index (χ3n) is 5.45. The van der Waals surface area contributed by atoms with Crippen LogP contribution in [0, 0.1) is 13.8 Å². The van der Waals surface area contributed by atoms with Gasteiger partial charge in [-0.15, -0.1) is 0 Å². The highest BCUT2D eigenvalue weighted by molar-refractivity contribution is 7.13. The summed E-state index contributed by atoms with van der Waals surface area (Å²) in [7, 11) is 0. The van der Waals surface area contributed by atoms with Gasteiger partial charge in [0.05, 0.1) is 40.0 Å². The minimum absolute atomic E-state index is 0.299. The second-order valence-electron chi connectivity index (χ2n) is 7.75. The molecule has 3 heterocycles. The molecule has 31 heavy (non-hydrogen) atoms. The first-order valence-electron chi connectivity index (χ1n) is 9.99. The molecule has 0 saturated heterocycles.